The van der Waals surface area contributed by atoms with Crippen molar-refractivity contribution in [2.24, 2.45) is 0 Å². The van der Waals surface area contributed by atoms with E-state index in [1.54, 1.807) is 17.9 Å². The summed E-state index contributed by atoms with van der Waals surface area (Å²) in [5, 5.41) is 0. The van der Waals surface area contributed by atoms with Gasteiger partial charge in [-0.3, -0.25) is 4.79 Å². The summed E-state index contributed by atoms with van der Waals surface area (Å²) >= 11 is 0. The number of carbonyl (C=O) groups is 2. The maximum Gasteiger partial charge on any atom is 0.340 e. The number of hydrogen-bond acceptors (Lipinski definition) is 3. The summed E-state index contributed by atoms with van der Waals surface area (Å²) in [4.78, 5) is 27.5. The Morgan fingerprint density at radius 1 is 0.966 bits per heavy atom. The van der Waals surface area contributed by atoms with Crippen LogP contribution in [0.25, 0.3) is 6.08 Å². The van der Waals surface area contributed by atoms with Gasteiger partial charge in [-0.05, 0) is 42.5 Å². The highest BCUT2D eigenvalue weighted by molar-refractivity contribution is 6.16. The first kappa shape index (κ1) is 20.6. The van der Waals surface area contributed by atoms with Crippen LogP contribution in [0.2, 0.25) is 0 Å². The third-order valence-corrected chi connectivity index (χ3v) is 5.41. The highest BCUT2D eigenvalue weighted by Gasteiger charge is 2.39. The first-order valence-electron chi connectivity index (χ1n) is 9.84. The molecule has 150 valence electrons. The molecule has 4 nitrogen and oxygen atoms in total. The van der Waals surface area contributed by atoms with E-state index in [1.807, 2.05) is 49.4 Å². The Hall–Kier alpha value is -3.14. The number of rotatable bonds is 5. The molecule has 0 fully saturated rings. The largest absolute Gasteiger partial charge is 0.465 e. The molecule has 0 unspecified atom stereocenters. The average molecular weight is 389 g/mol. The standard InChI is InChI=1S/C25H27NO3/c1-16(2)20-13-11-19(12-14-20)15-22-23(25(28)29-5)18(4)26(24(22)27)17(3)21-9-7-6-8-10-21/h6-17H,1-5H3/b22-15-/t17-/m0/s1. The fourth-order valence-corrected chi connectivity index (χ4v) is 3.69. The molecule has 3 rings (SSSR count). The predicted octanol–water partition coefficient (Wildman–Crippen LogP) is 5.24. The Kier molecular flexibility index (Phi) is 6.02. The van der Waals surface area contributed by atoms with Gasteiger partial charge in [-0.1, -0.05) is 68.4 Å². The van der Waals surface area contributed by atoms with Gasteiger partial charge in [0, 0.05) is 5.70 Å². The van der Waals surface area contributed by atoms with Crippen LogP contribution in [0.1, 0.15) is 56.3 Å². The summed E-state index contributed by atoms with van der Waals surface area (Å²) in [7, 11) is 1.34. The zero-order valence-electron chi connectivity index (χ0n) is 17.6. The minimum absolute atomic E-state index is 0.188. The number of carbonyl (C=O) groups excluding carboxylic acids is 2. The van der Waals surface area contributed by atoms with Gasteiger partial charge in [-0.2, -0.15) is 0 Å². The van der Waals surface area contributed by atoms with Crippen molar-refractivity contribution in [1.29, 1.82) is 0 Å². The molecule has 1 heterocycles. The maximum atomic E-state index is 13.3. The van der Waals surface area contributed by atoms with E-state index in [1.165, 1.54) is 12.7 Å². The van der Waals surface area contributed by atoms with Crippen LogP contribution < -0.4 is 0 Å². The van der Waals surface area contributed by atoms with Gasteiger partial charge in [0.2, 0.25) is 0 Å². The normalized spacial score (nSPS) is 16.7. The Morgan fingerprint density at radius 3 is 2.14 bits per heavy atom. The van der Waals surface area contributed by atoms with E-state index in [4.69, 9.17) is 4.74 Å². The molecule has 1 amide bonds. The van der Waals surface area contributed by atoms with Crippen molar-refractivity contribution in [2.45, 2.75) is 39.7 Å². The lowest BCUT2D eigenvalue weighted by Gasteiger charge is -2.26. The number of ether oxygens (including phenoxy) is 1. The van der Waals surface area contributed by atoms with Gasteiger partial charge in [0.15, 0.2) is 0 Å². The van der Waals surface area contributed by atoms with Crippen molar-refractivity contribution >= 4 is 18.0 Å². The predicted molar refractivity (Wildman–Crippen MR) is 115 cm³/mol. The maximum absolute atomic E-state index is 13.3. The first-order valence-corrected chi connectivity index (χ1v) is 9.84. The van der Waals surface area contributed by atoms with Crippen LogP contribution in [-0.4, -0.2) is 23.9 Å². The summed E-state index contributed by atoms with van der Waals surface area (Å²) in [6.07, 6.45) is 1.78. The Morgan fingerprint density at radius 2 is 1.59 bits per heavy atom. The van der Waals surface area contributed by atoms with E-state index in [0.717, 1.165) is 11.1 Å². The van der Waals surface area contributed by atoms with Crippen molar-refractivity contribution in [3.05, 3.63) is 88.1 Å². The molecule has 29 heavy (non-hydrogen) atoms. The Bertz CT molecular complexity index is 969. The highest BCUT2D eigenvalue weighted by atomic mass is 16.5. The second kappa shape index (κ2) is 8.48. The molecule has 0 N–H and O–H groups in total. The second-order valence-electron chi connectivity index (χ2n) is 7.59. The summed E-state index contributed by atoms with van der Waals surface area (Å²) in [5.41, 5.74) is 4.42. The molecule has 1 atom stereocenters. The lowest BCUT2D eigenvalue weighted by Crippen LogP contribution is -2.28. The molecule has 0 spiro atoms. The number of benzene rings is 2. The fraction of sp³-hybridized carbons (Fsp3) is 0.280. The molecular weight excluding hydrogens is 362 g/mol. The van der Waals surface area contributed by atoms with Gasteiger partial charge in [0.25, 0.3) is 5.91 Å². The van der Waals surface area contributed by atoms with Crippen LogP contribution >= 0.6 is 0 Å². The van der Waals surface area contributed by atoms with Gasteiger partial charge in [0.05, 0.1) is 24.3 Å². The lowest BCUT2D eigenvalue weighted by molar-refractivity contribution is -0.136. The monoisotopic (exact) mass is 389 g/mol. The zero-order chi connectivity index (χ0) is 21.1. The van der Waals surface area contributed by atoms with E-state index < -0.39 is 5.97 Å². The Labute approximate surface area is 172 Å². The molecule has 2 aromatic rings. The van der Waals surface area contributed by atoms with Crippen LogP contribution in [0.5, 0.6) is 0 Å². The van der Waals surface area contributed by atoms with E-state index >= 15 is 0 Å². The third-order valence-electron chi connectivity index (χ3n) is 5.41. The topological polar surface area (TPSA) is 46.6 Å². The minimum Gasteiger partial charge on any atom is -0.465 e. The van der Waals surface area contributed by atoms with Crippen molar-refractivity contribution in [2.75, 3.05) is 7.11 Å². The van der Waals surface area contributed by atoms with Gasteiger partial charge in [-0.15, -0.1) is 0 Å². The average Bonchev–Trinajstić information content (AvgIpc) is 2.97. The molecule has 0 saturated carbocycles. The number of amides is 1. The van der Waals surface area contributed by atoms with Gasteiger partial charge in [0.1, 0.15) is 0 Å². The Balaban J connectivity index is 2.04. The van der Waals surface area contributed by atoms with Crippen LogP contribution in [-0.2, 0) is 14.3 Å². The van der Waals surface area contributed by atoms with E-state index in [2.05, 4.69) is 26.0 Å². The quantitative estimate of drug-likeness (QED) is 0.519. The summed E-state index contributed by atoms with van der Waals surface area (Å²) in [6, 6.07) is 17.6. The zero-order valence-corrected chi connectivity index (χ0v) is 17.6. The number of hydrogen-bond donors (Lipinski definition) is 0. The van der Waals surface area contributed by atoms with Crippen LogP contribution in [0.4, 0.5) is 0 Å². The number of methoxy groups -OCH3 is 1. The van der Waals surface area contributed by atoms with Crippen molar-refractivity contribution < 1.29 is 14.3 Å². The van der Waals surface area contributed by atoms with Crippen LogP contribution in [0.15, 0.2) is 71.4 Å². The van der Waals surface area contributed by atoms with Gasteiger partial charge < -0.3 is 9.64 Å². The smallest absolute Gasteiger partial charge is 0.340 e. The summed E-state index contributed by atoms with van der Waals surface area (Å²) in [6.45, 7) is 8.04. The van der Waals surface area contributed by atoms with Crippen molar-refractivity contribution in [3.8, 4) is 0 Å². The van der Waals surface area contributed by atoms with E-state index in [-0.39, 0.29) is 11.9 Å². The van der Waals surface area contributed by atoms with E-state index in [9.17, 15) is 9.59 Å². The number of allylic oxidation sites excluding steroid dienone is 1. The minimum atomic E-state index is -0.497. The third kappa shape index (κ3) is 4.02. The van der Waals surface area contributed by atoms with Crippen LogP contribution in [0, 0.1) is 0 Å². The second-order valence-corrected chi connectivity index (χ2v) is 7.59. The van der Waals surface area contributed by atoms with E-state index in [0.29, 0.717) is 22.8 Å². The molecule has 1 aliphatic heterocycles. The fourth-order valence-electron chi connectivity index (χ4n) is 3.69. The molecule has 0 aliphatic carbocycles. The molecule has 1 aliphatic rings. The summed E-state index contributed by atoms with van der Waals surface area (Å²) < 4.78 is 4.99. The lowest BCUT2D eigenvalue weighted by atomic mass is 9.99. The molecule has 0 bridgehead atoms. The van der Waals surface area contributed by atoms with Crippen molar-refractivity contribution in [3.63, 3.8) is 0 Å². The molecule has 0 radical (unpaired) electrons. The van der Waals surface area contributed by atoms with Gasteiger partial charge >= 0.3 is 5.97 Å². The first-order chi connectivity index (χ1) is 13.8. The number of esters is 1. The number of nitrogens with zero attached hydrogens (tertiary/aromatic N) is 1. The molecule has 4 heteroatoms. The molecule has 2 aromatic carbocycles. The molecule has 0 saturated heterocycles. The van der Waals surface area contributed by atoms with Crippen molar-refractivity contribution in [1.82, 2.24) is 4.90 Å². The summed E-state index contributed by atoms with van der Waals surface area (Å²) in [5.74, 6) is -0.254. The molecule has 0 aromatic heterocycles. The SMILES string of the molecule is COC(=O)C1=C(C)N([C@@H](C)c2ccccc2)C(=O)/C1=C\c1ccc(C(C)C)cc1. The molecular formula is C25H27NO3. The van der Waals surface area contributed by atoms with Gasteiger partial charge in [-0.25, -0.2) is 4.79 Å². The van der Waals surface area contributed by atoms with Crippen LogP contribution in [0.3, 0.4) is 0 Å². The highest BCUT2D eigenvalue weighted by Crippen LogP contribution is 2.37.